The third kappa shape index (κ3) is 3.42. The Balaban J connectivity index is 1.68. The zero-order chi connectivity index (χ0) is 22.3. The third-order valence-electron chi connectivity index (χ3n) is 4.59. The van der Waals surface area contributed by atoms with Gasteiger partial charge in [0.1, 0.15) is 17.2 Å². The lowest BCUT2D eigenvalue weighted by Crippen LogP contribution is -2.29. The molecule has 0 saturated heterocycles. The number of hydrogen-bond donors (Lipinski definition) is 2. The monoisotopic (exact) mass is 420 g/mol. The number of nitro groups is 1. The van der Waals surface area contributed by atoms with E-state index in [9.17, 15) is 29.6 Å². The van der Waals surface area contributed by atoms with Gasteiger partial charge in [-0.3, -0.25) is 19.7 Å². The molecule has 2 amide bonds. The average Bonchev–Trinajstić information content (AvgIpc) is 2.98. The van der Waals surface area contributed by atoms with Gasteiger partial charge in [-0.1, -0.05) is 6.07 Å². The summed E-state index contributed by atoms with van der Waals surface area (Å²) in [5.41, 5.74) is -0.624. The average molecular weight is 420 g/mol. The Morgan fingerprint density at radius 2 is 1.65 bits per heavy atom. The second-order valence-electron chi connectivity index (χ2n) is 6.52. The fraction of sp³-hybridized carbons (Fsp3) is 0. The highest BCUT2D eigenvalue weighted by molar-refractivity contribution is 6.35. The van der Waals surface area contributed by atoms with Gasteiger partial charge < -0.3 is 14.9 Å². The van der Waals surface area contributed by atoms with Crippen LogP contribution in [0.15, 0.2) is 60.7 Å². The van der Waals surface area contributed by atoms with Crippen molar-refractivity contribution in [3.8, 4) is 17.2 Å². The van der Waals surface area contributed by atoms with E-state index in [0.29, 0.717) is 4.90 Å². The van der Waals surface area contributed by atoms with Gasteiger partial charge in [0.15, 0.2) is 0 Å². The van der Waals surface area contributed by atoms with Gasteiger partial charge >= 0.3 is 5.97 Å². The maximum atomic E-state index is 12.9. The first-order chi connectivity index (χ1) is 14.8. The smallest absolute Gasteiger partial charge is 0.335 e. The Morgan fingerprint density at radius 1 is 0.935 bits per heavy atom. The Morgan fingerprint density at radius 3 is 2.35 bits per heavy atom. The van der Waals surface area contributed by atoms with Gasteiger partial charge in [-0.2, -0.15) is 0 Å². The number of fused-ring (bicyclic) bond motifs is 1. The number of carboxylic acids is 1. The minimum absolute atomic E-state index is 0.0203. The topological polar surface area (TPSA) is 147 Å². The van der Waals surface area contributed by atoms with Crippen LogP contribution >= 0.6 is 0 Å². The molecule has 4 rings (SSSR count). The number of amides is 2. The van der Waals surface area contributed by atoms with Gasteiger partial charge in [0, 0.05) is 6.07 Å². The number of non-ortho nitro benzene ring substituents is 1. The maximum Gasteiger partial charge on any atom is 0.335 e. The summed E-state index contributed by atoms with van der Waals surface area (Å²) >= 11 is 0. The number of carbonyl (C=O) groups excluding carboxylic acids is 2. The number of aromatic carboxylic acids is 1. The van der Waals surface area contributed by atoms with Crippen molar-refractivity contribution in [2.75, 3.05) is 4.90 Å². The molecule has 31 heavy (non-hydrogen) atoms. The molecular weight excluding hydrogens is 408 g/mol. The van der Waals surface area contributed by atoms with E-state index in [2.05, 4.69) is 0 Å². The lowest BCUT2D eigenvalue weighted by molar-refractivity contribution is -0.384. The molecule has 10 heteroatoms. The lowest BCUT2D eigenvalue weighted by atomic mass is 10.1. The number of carbonyl (C=O) groups is 3. The molecule has 0 fully saturated rings. The van der Waals surface area contributed by atoms with Crippen LogP contribution in [0.2, 0.25) is 0 Å². The van der Waals surface area contributed by atoms with E-state index in [-0.39, 0.29) is 39.6 Å². The van der Waals surface area contributed by atoms with Crippen LogP contribution in [0.4, 0.5) is 11.4 Å². The molecule has 1 aliphatic heterocycles. The third-order valence-corrected chi connectivity index (χ3v) is 4.59. The van der Waals surface area contributed by atoms with E-state index in [4.69, 9.17) is 9.84 Å². The second kappa shape index (κ2) is 7.26. The van der Waals surface area contributed by atoms with E-state index in [1.54, 1.807) is 0 Å². The number of aromatic hydroxyl groups is 1. The van der Waals surface area contributed by atoms with Crippen LogP contribution in [-0.2, 0) is 0 Å². The molecule has 1 heterocycles. The zero-order valence-corrected chi connectivity index (χ0v) is 15.5. The normalized spacial score (nSPS) is 12.6. The molecule has 0 atom stereocenters. The number of ether oxygens (including phenoxy) is 1. The van der Waals surface area contributed by atoms with Crippen LogP contribution < -0.4 is 9.64 Å². The van der Waals surface area contributed by atoms with Crippen LogP contribution in [0, 0.1) is 10.1 Å². The van der Waals surface area contributed by atoms with Gasteiger partial charge in [-0.15, -0.1) is 0 Å². The highest BCUT2D eigenvalue weighted by atomic mass is 16.6. The first-order valence-corrected chi connectivity index (χ1v) is 8.77. The van der Waals surface area contributed by atoms with Crippen LogP contribution in [0.25, 0.3) is 0 Å². The van der Waals surface area contributed by atoms with Crippen molar-refractivity contribution in [2.45, 2.75) is 0 Å². The van der Waals surface area contributed by atoms with Crippen LogP contribution in [0.1, 0.15) is 31.1 Å². The summed E-state index contributed by atoms with van der Waals surface area (Å²) in [5, 5.41) is 30.2. The minimum atomic E-state index is -1.29. The highest BCUT2D eigenvalue weighted by Crippen LogP contribution is 2.37. The van der Waals surface area contributed by atoms with Gasteiger partial charge in [-0.25, -0.2) is 9.69 Å². The predicted octanol–water partition coefficient (Wildman–Crippen LogP) is 3.59. The number of carboxylic acid groups (broad SMARTS) is 1. The quantitative estimate of drug-likeness (QED) is 0.361. The number of anilines is 1. The van der Waals surface area contributed by atoms with Gasteiger partial charge in [0.2, 0.25) is 0 Å². The van der Waals surface area contributed by atoms with Crippen molar-refractivity contribution in [2.24, 2.45) is 0 Å². The van der Waals surface area contributed by atoms with Crippen molar-refractivity contribution >= 4 is 29.2 Å². The Kier molecular flexibility index (Phi) is 4.59. The van der Waals surface area contributed by atoms with E-state index in [1.165, 1.54) is 42.5 Å². The zero-order valence-electron chi connectivity index (χ0n) is 15.5. The van der Waals surface area contributed by atoms with Crippen molar-refractivity contribution in [3.05, 3.63) is 87.5 Å². The number of phenols is 1. The van der Waals surface area contributed by atoms with E-state index in [0.717, 1.165) is 18.2 Å². The van der Waals surface area contributed by atoms with Gasteiger partial charge in [0.25, 0.3) is 17.5 Å². The molecule has 0 aliphatic carbocycles. The summed E-state index contributed by atoms with van der Waals surface area (Å²) in [7, 11) is 0. The summed E-state index contributed by atoms with van der Waals surface area (Å²) < 4.78 is 5.58. The Labute approximate surface area is 173 Å². The molecule has 2 N–H and O–H groups in total. The summed E-state index contributed by atoms with van der Waals surface area (Å²) in [4.78, 5) is 47.9. The standard InChI is InChI=1S/C21H12N2O8/c24-18-7-4-11(21(27)28)8-17(18)22-19(25)15-6-5-14(10-16(15)20(22)26)31-13-3-1-2-12(9-13)23(29)30/h1-10,24H,(H,27,28). The van der Waals surface area contributed by atoms with Crippen LogP contribution in [0.5, 0.6) is 17.2 Å². The first kappa shape index (κ1) is 19.6. The molecule has 0 aromatic heterocycles. The molecule has 0 saturated carbocycles. The molecule has 0 bridgehead atoms. The van der Waals surface area contributed by atoms with Crippen molar-refractivity contribution < 1.29 is 34.3 Å². The number of rotatable bonds is 5. The van der Waals surface area contributed by atoms with E-state index >= 15 is 0 Å². The molecular formula is C21H12N2O8. The molecule has 3 aromatic carbocycles. The van der Waals surface area contributed by atoms with E-state index < -0.39 is 28.5 Å². The SMILES string of the molecule is O=C(O)c1ccc(O)c(N2C(=O)c3ccc(Oc4cccc([N+](=O)[O-])c4)cc3C2=O)c1. The van der Waals surface area contributed by atoms with Gasteiger partial charge in [0.05, 0.1) is 33.4 Å². The van der Waals surface area contributed by atoms with E-state index in [1.807, 2.05) is 0 Å². The summed E-state index contributed by atoms with van der Waals surface area (Å²) in [5.74, 6) is -2.92. The van der Waals surface area contributed by atoms with Gasteiger partial charge in [-0.05, 0) is 42.5 Å². The largest absolute Gasteiger partial charge is 0.506 e. The molecule has 0 spiro atoms. The number of hydrogen-bond acceptors (Lipinski definition) is 7. The number of phenolic OH excluding ortho intramolecular Hbond substituents is 1. The molecule has 154 valence electrons. The van der Waals surface area contributed by atoms with Crippen LogP contribution in [0.3, 0.4) is 0 Å². The fourth-order valence-corrected chi connectivity index (χ4v) is 3.13. The van der Waals surface area contributed by atoms with Crippen molar-refractivity contribution in [1.82, 2.24) is 0 Å². The summed E-state index contributed by atoms with van der Waals surface area (Å²) in [6.07, 6.45) is 0. The maximum absolute atomic E-state index is 12.9. The predicted molar refractivity (Wildman–Crippen MR) is 106 cm³/mol. The summed E-state index contributed by atoms with van der Waals surface area (Å²) in [6.45, 7) is 0. The highest BCUT2D eigenvalue weighted by Gasteiger charge is 2.38. The fourth-order valence-electron chi connectivity index (χ4n) is 3.13. The number of nitro benzene ring substituents is 1. The molecule has 1 aliphatic rings. The number of imide groups is 1. The molecule has 0 unspecified atom stereocenters. The van der Waals surface area contributed by atoms with Crippen molar-refractivity contribution in [1.29, 1.82) is 0 Å². The molecule has 0 radical (unpaired) electrons. The Bertz CT molecular complexity index is 1280. The molecule has 10 nitrogen and oxygen atoms in total. The lowest BCUT2D eigenvalue weighted by Gasteiger charge is -2.15. The Hall–Kier alpha value is -4.73. The van der Waals surface area contributed by atoms with Crippen LogP contribution in [-0.4, -0.2) is 32.9 Å². The van der Waals surface area contributed by atoms with Crippen molar-refractivity contribution in [3.63, 3.8) is 0 Å². The summed E-state index contributed by atoms with van der Waals surface area (Å²) in [6, 6.07) is 12.8. The minimum Gasteiger partial charge on any atom is -0.506 e. The number of benzene rings is 3. The second-order valence-corrected chi connectivity index (χ2v) is 6.52. The first-order valence-electron chi connectivity index (χ1n) is 8.77. The molecule has 3 aromatic rings. The number of nitrogens with zero attached hydrogens (tertiary/aromatic N) is 2.